The Morgan fingerprint density at radius 1 is 1.16 bits per heavy atom. The van der Waals surface area contributed by atoms with Gasteiger partial charge in [-0.25, -0.2) is 23.8 Å². The fourth-order valence-electron chi connectivity index (χ4n) is 4.68. The molecule has 2 saturated heterocycles. The molecule has 0 aliphatic carbocycles. The number of thiocarbonyl (C=S) groups is 1. The number of fused-ring (bicyclic) bond motifs is 1. The van der Waals surface area contributed by atoms with Gasteiger partial charge >= 0.3 is 7.82 Å². The van der Waals surface area contributed by atoms with Crippen molar-refractivity contribution >= 4 is 49.8 Å². The van der Waals surface area contributed by atoms with Gasteiger partial charge in [-0.1, -0.05) is 12.2 Å². The third-order valence-electron chi connectivity index (χ3n) is 6.74. The highest BCUT2D eigenvalue weighted by Crippen LogP contribution is 2.59. The lowest BCUT2D eigenvalue weighted by molar-refractivity contribution is -0.765. The quantitative estimate of drug-likeness (QED) is 0.0599. The summed E-state index contributed by atoms with van der Waals surface area (Å²) in [6, 6.07) is 3.11. The molecule has 2 fully saturated rings. The smallest absolute Gasteiger partial charge is 0.478 e. The van der Waals surface area contributed by atoms with Crippen molar-refractivity contribution in [2.24, 2.45) is 5.73 Å². The van der Waals surface area contributed by atoms with Crippen molar-refractivity contribution in [1.29, 1.82) is 0 Å². The van der Waals surface area contributed by atoms with Crippen LogP contribution in [0.15, 0.2) is 37.2 Å². The molecule has 2 aliphatic heterocycles. The summed E-state index contributed by atoms with van der Waals surface area (Å²) < 4.78 is 52.6. The normalized spacial score (nSPS) is 31.6. The predicted octanol–water partition coefficient (Wildman–Crippen LogP) is -3.11. The first-order chi connectivity index (χ1) is 20.7. The fourth-order valence-corrected chi connectivity index (χ4v) is 7.05. The average molecular weight is 679 g/mol. The minimum absolute atomic E-state index is 0.0324. The third-order valence-corrected chi connectivity index (χ3v) is 9.58. The number of nitrogens with zero attached hydrogens (tertiary/aromatic N) is 5. The van der Waals surface area contributed by atoms with E-state index in [2.05, 4.69) is 19.3 Å². The highest BCUT2D eigenvalue weighted by Gasteiger charge is 2.52. The number of phosphoric acid groups is 2. The van der Waals surface area contributed by atoms with Crippen LogP contribution in [0.3, 0.4) is 0 Å². The van der Waals surface area contributed by atoms with Crippen LogP contribution in [0, 0.1) is 0 Å². The van der Waals surface area contributed by atoms with E-state index in [9.17, 15) is 39.3 Å². The standard InChI is InChI=1S/C21H27N7O13P2S/c22-17-12-19(25-7-24-17)28(8-26-12)21-14(31)13(30)11(39-21)6-37-42(33,34)41-43(35,36)40-16-10(5-29)38-20(15(16)32)27-3-1-2-9(4-27)18(23)44/h1-4,7-8,10-11,13-16,20-21,29-32H,5-6H2,(H5-,22,23,24,25,33,34,35,36,44)/t10-,11-,13-,14-,15-,16-,20-,21-/m1/s1. The molecule has 23 heteroatoms. The lowest BCUT2D eigenvalue weighted by Crippen LogP contribution is -2.46. The number of aromatic nitrogens is 5. The van der Waals surface area contributed by atoms with Gasteiger partial charge < -0.3 is 55.7 Å². The van der Waals surface area contributed by atoms with Gasteiger partial charge in [-0.15, -0.1) is 0 Å². The Morgan fingerprint density at radius 2 is 1.91 bits per heavy atom. The molecule has 44 heavy (non-hydrogen) atoms. The molecule has 9 N–H and O–H groups in total. The van der Waals surface area contributed by atoms with E-state index in [1.807, 2.05) is 0 Å². The molecule has 3 aromatic rings. The van der Waals surface area contributed by atoms with Crippen molar-refractivity contribution in [2.45, 2.75) is 49.1 Å². The molecule has 5 rings (SSSR count). The number of aliphatic hydroxyl groups excluding tert-OH is 4. The maximum atomic E-state index is 12.6. The van der Waals surface area contributed by atoms with Gasteiger partial charge in [-0.05, 0) is 6.07 Å². The monoisotopic (exact) mass is 679 g/mol. The van der Waals surface area contributed by atoms with Crippen molar-refractivity contribution < 1.29 is 66.7 Å². The number of rotatable bonds is 11. The highest BCUT2D eigenvalue weighted by molar-refractivity contribution is 7.80. The lowest BCUT2D eigenvalue weighted by atomic mass is 10.1. The Balaban J connectivity index is 1.22. The van der Waals surface area contributed by atoms with Crippen LogP contribution in [0.5, 0.6) is 0 Å². The van der Waals surface area contributed by atoms with Gasteiger partial charge in [-0.3, -0.25) is 13.7 Å². The molecule has 0 bridgehead atoms. The SMILES string of the molecule is NC(=S)c1ccc[n+]([C@@H]2O[C@H](CO)[C@@H](OP(=O)([O-])OP(=O)(O)OC[C@H]3O[C@@H](n4cnc5c(N)ncnc54)[C@H](O)[C@@H]3O)[C@H]2O)c1. The summed E-state index contributed by atoms with van der Waals surface area (Å²) in [5.74, 6) is 0.0472. The lowest BCUT2D eigenvalue weighted by Gasteiger charge is -2.29. The summed E-state index contributed by atoms with van der Waals surface area (Å²) in [6.45, 7) is -1.75. The summed E-state index contributed by atoms with van der Waals surface area (Å²) in [5, 5.41) is 41.4. The first kappa shape index (κ1) is 32.8. The molecule has 2 aliphatic rings. The van der Waals surface area contributed by atoms with Crippen molar-refractivity contribution in [3.8, 4) is 0 Å². The summed E-state index contributed by atoms with van der Waals surface area (Å²) in [4.78, 5) is 34.6. The molecular weight excluding hydrogens is 652 g/mol. The zero-order valence-electron chi connectivity index (χ0n) is 22.2. The Kier molecular flexibility index (Phi) is 9.44. The second kappa shape index (κ2) is 12.7. The second-order valence-corrected chi connectivity index (χ2v) is 13.0. The minimum Gasteiger partial charge on any atom is -0.756 e. The number of aliphatic hydroxyl groups is 4. The van der Waals surface area contributed by atoms with Gasteiger partial charge in [-0.2, -0.15) is 4.57 Å². The van der Waals surface area contributed by atoms with E-state index < -0.39 is 77.9 Å². The number of ether oxygens (including phenoxy) is 2. The summed E-state index contributed by atoms with van der Waals surface area (Å²) >= 11 is 4.92. The Labute approximate surface area is 252 Å². The molecule has 240 valence electrons. The minimum atomic E-state index is -5.75. The topological polar surface area (TPSA) is 304 Å². The van der Waals surface area contributed by atoms with Crippen LogP contribution >= 0.6 is 27.9 Å². The first-order valence-corrected chi connectivity index (χ1v) is 16.0. The molecule has 0 aromatic carbocycles. The molecule has 10 atom stereocenters. The van der Waals surface area contributed by atoms with E-state index in [-0.39, 0.29) is 22.0 Å². The number of hydrogen-bond donors (Lipinski definition) is 7. The summed E-state index contributed by atoms with van der Waals surface area (Å²) in [5.41, 5.74) is 12.1. The first-order valence-electron chi connectivity index (χ1n) is 12.6. The molecule has 2 unspecified atom stereocenters. The molecule has 0 radical (unpaired) electrons. The maximum Gasteiger partial charge on any atom is 0.478 e. The number of phosphoric ester groups is 2. The Morgan fingerprint density at radius 3 is 2.61 bits per heavy atom. The van der Waals surface area contributed by atoms with Crippen molar-refractivity contribution in [3.05, 3.63) is 42.7 Å². The predicted molar refractivity (Wildman–Crippen MR) is 145 cm³/mol. The van der Waals surface area contributed by atoms with E-state index in [0.717, 1.165) is 6.33 Å². The van der Waals surface area contributed by atoms with Crippen molar-refractivity contribution in [1.82, 2.24) is 19.5 Å². The van der Waals surface area contributed by atoms with Gasteiger partial charge in [0, 0.05) is 6.07 Å². The molecule has 20 nitrogen and oxygen atoms in total. The van der Waals surface area contributed by atoms with Crippen LogP contribution in [0.2, 0.25) is 0 Å². The van der Waals surface area contributed by atoms with Crippen LogP contribution in [-0.2, 0) is 32.0 Å². The van der Waals surface area contributed by atoms with Crippen molar-refractivity contribution in [3.63, 3.8) is 0 Å². The zero-order valence-corrected chi connectivity index (χ0v) is 24.8. The van der Waals surface area contributed by atoms with Gasteiger partial charge in [0.05, 0.1) is 25.1 Å². The Bertz CT molecular complexity index is 1630. The summed E-state index contributed by atoms with van der Waals surface area (Å²) in [7, 11) is -11.2. The fraction of sp³-hybridized carbons (Fsp3) is 0.476. The van der Waals surface area contributed by atoms with Crippen LogP contribution < -0.4 is 20.9 Å². The number of nitrogens with two attached hydrogens (primary N) is 2. The number of pyridine rings is 1. The molecule has 5 heterocycles. The van der Waals surface area contributed by atoms with E-state index in [1.165, 1.54) is 33.9 Å². The molecule has 3 aromatic heterocycles. The zero-order chi connectivity index (χ0) is 32.0. The van der Waals surface area contributed by atoms with Crippen LogP contribution in [0.1, 0.15) is 18.0 Å². The number of nitrogen functional groups attached to an aromatic ring is 1. The number of imidazole rings is 1. The van der Waals surface area contributed by atoms with Crippen LogP contribution in [0.25, 0.3) is 11.2 Å². The average Bonchev–Trinajstić information content (AvgIpc) is 3.61. The number of anilines is 1. The van der Waals surface area contributed by atoms with E-state index in [4.69, 9.17) is 42.2 Å². The maximum absolute atomic E-state index is 12.6. The van der Waals surface area contributed by atoms with Gasteiger partial charge in [0.15, 0.2) is 36.2 Å². The number of hydrogen-bond acceptors (Lipinski definition) is 17. The molecule has 0 saturated carbocycles. The highest BCUT2D eigenvalue weighted by atomic mass is 32.1. The van der Waals surface area contributed by atoms with Gasteiger partial charge in [0.25, 0.3) is 14.1 Å². The second-order valence-electron chi connectivity index (χ2n) is 9.63. The van der Waals surface area contributed by atoms with E-state index in [0.29, 0.717) is 5.56 Å². The van der Waals surface area contributed by atoms with Crippen molar-refractivity contribution in [2.75, 3.05) is 18.9 Å². The molecule has 0 amide bonds. The van der Waals surface area contributed by atoms with Gasteiger partial charge in [0.1, 0.15) is 47.4 Å². The van der Waals surface area contributed by atoms with E-state index in [1.54, 1.807) is 6.07 Å². The molecular formula is C21H27N7O13P2S. The van der Waals surface area contributed by atoms with E-state index >= 15 is 0 Å². The van der Waals surface area contributed by atoms with Crippen LogP contribution in [-0.4, -0.2) is 99.7 Å². The van der Waals surface area contributed by atoms with Crippen LogP contribution in [0.4, 0.5) is 5.82 Å². The van der Waals surface area contributed by atoms with Gasteiger partial charge in [0.2, 0.25) is 0 Å². The molecule has 0 spiro atoms. The summed E-state index contributed by atoms with van der Waals surface area (Å²) in [6.07, 6.45) is -7.01. The Hall–Kier alpha value is -2.59. The largest absolute Gasteiger partial charge is 0.756 e. The third kappa shape index (κ3) is 6.66.